The lowest BCUT2D eigenvalue weighted by atomic mass is 10.2. The van der Waals surface area contributed by atoms with Crippen LogP contribution < -0.4 is 10.5 Å². The van der Waals surface area contributed by atoms with Gasteiger partial charge >= 0.3 is 0 Å². The summed E-state index contributed by atoms with van der Waals surface area (Å²) in [6.45, 7) is 5.17. The Labute approximate surface area is 109 Å². The van der Waals surface area contributed by atoms with Gasteiger partial charge in [0.25, 0.3) is 0 Å². The number of benzene rings is 2. The van der Waals surface area contributed by atoms with Crippen molar-refractivity contribution in [1.29, 1.82) is 0 Å². The standard InChI is InChI=1S/C14H15NO.C2H6/c15-10-12-6-8-14(9-7-12)16-11-13-4-2-1-3-5-13;1-2/h1-9H,10-11,15H2;1-2H3. The van der Waals surface area contributed by atoms with Crippen molar-refractivity contribution in [2.45, 2.75) is 27.0 Å². The van der Waals surface area contributed by atoms with E-state index >= 15 is 0 Å². The third kappa shape index (κ3) is 4.60. The van der Waals surface area contributed by atoms with Gasteiger partial charge in [-0.05, 0) is 23.3 Å². The average molecular weight is 243 g/mol. The van der Waals surface area contributed by atoms with Crippen molar-refractivity contribution in [1.82, 2.24) is 0 Å². The molecule has 2 heteroatoms. The van der Waals surface area contributed by atoms with E-state index in [0.717, 1.165) is 11.3 Å². The smallest absolute Gasteiger partial charge is 0.119 e. The predicted octanol–water partition coefficient (Wildman–Crippen LogP) is 3.75. The van der Waals surface area contributed by atoms with Crippen LogP contribution in [0.3, 0.4) is 0 Å². The maximum Gasteiger partial charge on any atom is 0.119 e. The summed E-state index contributed by atoms with van der Waals surface area (Å²) in [6.07, 6.45) is 0. The Balaban J connectivity index is 0.000000771. The Hall–Kier alpha value is -1.80. The molecule has 0 amide bonds. The fraction of sp³-hybridized carbons (Fsp3) is 0.250. The molecule has 2 nitrogen and oxygen atoms in total. The molecule has 2 aromatic carbocycles. The van der Waals surface area contributed by atoms with Crippen molar-refractivity contribution >= 4 is 0 Å². The lowest BCUT2D eigenvalue weighted by Gasteiger charge is -2.06. The molecule has 0 saturated heterocycles. The van der Waals surface area contributed by atoms with Gasteiger partial charge in [0.15, 0.2) is 0 Å². The molecule has 0 radical (unpaired) electrons. The van der Waals surface area contributed by atoms with Crippen molar-refractivity contribution in [3.8, 4) is 5.75 Å². The normalized spacial score (nSPS) is 9.28. The Morgan fingerprint density at radius 2 is 1.44 bits per heavy atom. The molecule has 0 aliphatic rings. The number of nitrogens with two attached hydrogens (primary N) is 1. The highest BCUT2D eigenvalue weighted by atomic mass is 16.5. The van der Waals surface area contributed by atoms with Crippen molar-refractivity contribution in [3.05, 3.63) is 65.7 Å². The lowest BCUT2D eigenvalue weighted by molar-refractivity contribution is 0.306. The number of hydrogen-bond donors (Lipinski definition) is 1. The molecule has 0 unspecified atom stereocenters. The van der Waals surface area contributed by atoms with E-state index in [1.165, 1.54) is 5.56 Å². The van der Waals surface area contributed by atoms with E-state index in [-0.39, 0.29) is 0 Å². The van der Waals surface area contributed by atoms with Crippen molar-refractivity contribution in [2.75, 3.05) is 0 Å². The minimum absolute atomic E-state index is 0.568. The van der Waals surface area contributed by atoms with Crippen LogP contribution in [0, 0.1) is 0 Å². The average Bonchev–Trinajstić information content (AvgIpc) is 2.49. The fourth-order valence-electron chi connectivity index (χ4n) is 1.46. The van der Waals surface area contributed by atoms with Crippen LogP contribution in [0.25, 0.3) is 0 Å². The summed E-state index contributed by atoms with van der Waals surface area (Å²) in [5.74, 6) is 0.876. The summed E-state index contributed by atoms with van der Waals surface area (Å²) in [5.41, 5.74) is 7.81. The third-order valence-corrected chi connectivity index (χ3v) is 2.41. The zero-order valence-corrected chi connectivity index (χ0v) is 11.1. The molecule has 18 heavy (non-hydrogen) atoms. The molecule has 0 atom stereocenters. The van der Waals surface area contributed by atoms with Gasteiger partial charge in [0.05, 0.1) is 0 Å². The molecule has 2 N–H and O–H groups in total. The first kappa shape index (κ1) is 14.3. The Morgan fingerprint density at radius 3 is 2.00 bits per heavy atom. The molecule has 0 heterocycles. The predicted molar refractivity (Wildman–Crippen MR) is 76.5 cm³/mol. The summed E-state index contributed by atoms with van der Waals surface area (Å²) >= 11 is 0. The van der Waals surface area contributed by atoms with E-state index in [4.69, 9.17) is 10.5 Å². The number of rotatable bonds is 4. The topological polar surface area (TPSA) is 35.2 Å². The van der Waals surface area contributed by atoms with Gasteiger partial charge in [-0.15, -0.1) is 0 Å². The van der Waals surface area contributed by atoms with Crippen LogP contribution in [-0.2, 0) is 13.2 Å². The van der Waals surface area contributed by atoms with Gasteiger partial charge in [0.1, 0.15) is 12.4 Å². The van der Waals surface area contributed by atoms with Crippen LogP contribution in [-0.4, -0.2) is 0 Å². The summed E-state index contributed by atoms with van der Waals surface area (Å²) < 4.78 is 5.65. The quantitative estimate of drug-likeness (QED) is 0.887. The van der Waals surface area contributed by atoms with E-state index in [9.17, 15) is 0 Å². The van der Waals surface area contributed by atoms with Gasteiger partial charge in [-0.25, -0.2) is 0 Å². The van der Waals surface area contributed by atoms with Crippen LogP contribution in [0.4, 0.5) is 0 Å². The van der Waals surface area contributed by atoms with Crippen LogP contribution in [0.2, 0.25) is 0 Å². The second-order valence-electron chi connectivity index (χ2n) is 3.62. The van der Waals surface area contributed by atoms with Crippen molar-refractivity contribution < 1.29 is 4.74 Å². The molecule has 0 aliphatic heterocycles. The molecule has 2 aromatic rings. The molecule has 96 valence electrons. The van der Waals surface area contributed by atoms with Crippen LogP contribution >= 0.6 is 0 Å². The highest BCUT2D eigenvalue weighted by Gasteiger charge is 1.95. The first-order valence-electron chi connectivity index (χ1n) is 6.34. The molecule has 0 spiro atoms. The largest absolute Gasteiger partial charge is 0.489 e. The number of ether oxygens (including phenoxy) is 1. The van der Waals surface area contributed by atoms with Crippen LogP contribution in [0.5, 0.6) is 5.75 Å². The van der Waals surface area contributed by atoms with E-state index in [1.807, 2.05) is 68.4 Å². The minimum atomic E-state index is 0.568. The Kier molecular flexibility index (Phi) is 6.59. The van der Waals surface area contributed by atoms with Gasteiger partial charge in [-0.2, -0.15) is 0 Å². The second-order valence-corrected chi connectivity index (χ2v) is 3.62. The SMILES string of the molecule is CC.NCc1ccc(OCc2ccccc2)cc1. The first-order chi connectivity index (χ1) is 8.88. The van der Waals surface area contributed by atoms with Gasteiger partial charge in [-0.3, -0.25) is 0 Å². The molecule has 0 saturated carbocycles. The van der Waals surface area contributed by atoms with E-state index in [1.54, 1.807) is 0 Å². The van der Waals surface area contributed by atoms with Crippen LogP contribution in [0.1, 0.15) is 25.0 Å². The summed E-state index contributed by atoms with van der Waals surface area (Å²) in [7, 11) is 0. The third-order valence-electron chi connectivity index (χ3n) is 2.41. The Bertz CT molecular complexity index is 423. The minimum Gasteiger partial charge on any atom is -0.489 e. The highest BCUT2D eigenvalue weighted by Crippen LogP contribution is 2.13. The lowest BCUT2D eigenvalue weighted by Crippen LogP contribution is -1.97. The van der Waals surface area contributed by atoms with E-state index < -0.39 is 0 Å². The van der Waals surface area contributed by atoms with Gasteiger partial charge in [0, 0.05) is 6.54 Å². The summed E-state index contributed by atoms with van der Waals surface area (Å²) in [4.78, 5) is 0. The van der Waals surface area contributed by atoms with Crippen molar-refractivity contribution in [3.63, 3.8) is 0 Å². The van der Waals surface area contributed by atoms with Gasteiger partial charge in [-0.1, -0.05) is 56.3 Å². The van der Waals surface area contributed by atoms with E-state index in [0.29, 0.717) is 13.2 Å². The van der Waals surface area contributed by atoms with E-state index in [2.05, 4.69) is 0 Å². The Morgan fingerprint density at radius 1 is 0.833 bits per heavy atom. The zero-order valence-electron chi connectivity index (χ0n) is 11.1. The molecular formula is C16H21NO. The molecule has 0 bridgehead atoms. The van der Waals surface area contributed by atoms with Gasteiger partial charge in [0.2, 0.25) is 0 Å². The van der Waals surface area contributed by atoms with Crippen molar-refractivity contribution in [2.24, 2.45) is 5.73 Å². The maximum absolute atomic E-state index is 5.65. The zero-order chi connectivity index (χ0) is 13.2. The molecule has 0 fully saturated rings. The summed E-state index contributed by atoms with van der Waals surface area (Å²) in [5, 5.41) is 0. The summed E-state index contributed by atoms with van der Waals surface area (Å²) in [6, 6.07) is 18.0. The first-order valence-corrected chi connectivity index (χ1v) is 6.34. The van der Waals surface area contributed by atoms with Gasteiger partial charge < -0.3 is 10.5 Å². The maximum atomic E-state index is 5.65. The monoisotopic (exact) mass is 243 g/mol. The second kappa shape index (κ2) is 8.31. The highest BCUT2D eigenvalue weighted by molar-refractivity contribution is 5.27. The molecular weight excluding hydrogens is 222 g/mol. The molecule has 0 aromatic heterocycles. The molecule has 0 aliphatic carbocycles. The number of hydrogen-bond acceptors (Lipinski definition) is 2. The molecule has 2 rings (SSSR count). The van der Waals surface area contributed by atoms with Crippen LogP contribution in [0.15, 0.2) is 54.6 Å². The fourth-order valence-corrected chi connectivity index (χ4v) is 1.46.